The maximum atomic E-state index is 12.5. The number of hydrogen-bond donors (Lipinski definition) is 2. The number of hydrogen-bond acceptors (Lipinski definition) is 6. The Morgan fingerprint density at radius 3 is 2.62 bits per heavy atom. The topological polar surface area (TPSA) is 108 Å². The molecule has 21 heavy (non-hydrogen) atoms. The molecule has 1 aliphatic heterocycles. The summed E-state index contributed by atoms with van der Waals surface area (Å²) in [6.45, 7) is 6.62. The van der Waals surface area contributed by atoms with E-state index in [0.29, 0.717) is 44.0 Å². The summed E-state index contributed by atoms with van der Waals surface area (Å²) >= 11 is 0. The first-order valence-electron chi connectivity index (χ1n) is 6.80. The van der Waals surface area contributed by atoms with Crippen molar-refractivity contribution in [1.29, 1.82) is 0 Å². The van der Waals surface area contributed by atoms with Crippen molar-refractivity contribution >= 4 is 11.7 Å². The largest absolute Gasteiger partial charge is 0.409 e. The number of rotatable bonds is 3. The average molecular weight is 292 g/mol. The smallest absolute Gasteiger partial charge is 0.255 e. The molecule has 1 amide bonds. The third-order valence-electron chi connectivity index (χ3n) is 3.50. The van der Waals surface area contributed by atoms with Gasteiger partial charge in [-0.15, -0.1) is 0 Å². The molecule has 114 valence electrons. The van der Waals surface area contributed by atoms with Gasteiger partial charge < -0.3 is 15.8 Å². The van der Waals surface area contributed by atoms with E-state index in [1.54, 1.807) is 17.9 Å². The van der Waals surface area contributed by atoms with Crippen LogP contribution in [0.15, 0.2) is 11.2 Å². The third kappa shape index (κ3) is 3.66. The highest BCUT2D eigenvalue weighted by Crippen LogP contribution is 2.11. The molecular formula is C13H20N6O2. The van der Waals surface area contributed by atoms with Crippen LogP contribution in [0.2, 0.25) is 0 Å². The zero-order chi connectivity index (χ0) is 15.4. The molecule has 2 heterocycles. The van der Waals surface area contributed by atoms with Gasteiger partial charge in [0.2, 0.25) is 0 Å². The van der Waals surface area contributed by atoms with Gasteiger partial charge in [-0.05, 0) is 19.9 Å². The molecule has 0 radical (unpaired) electrons. The molecule has 0 aromatic carbocycles. The van der Waals surface area contributed by atoms with Crippen molar-refractivity contribution in [3.63, 3.8) is 0 Å². The van der Waals surface area contributed by atoms with Gasteiger partial charge >= 0.3 is 0 Å². The Kier molecular flexibility index (Phi) is 4.69. The van der Waals surface area contributed by atoms with E-state index in [9.17, 15) is 4.79 Å². The van der Waals surface area contributed by atoms with Crippen LogP contribution in [-0.2, 0) is 0 Å². The number of nitrogens with zero attached hydrogens (tertiary/aromatic N) is 5. The Hall–Kier alpha value is -2.22. The minimum absolute atomic E-state index is 0.0195. The Morgan fingerprint density at radius 2 is 2.00 bits per heavy atom. The summed E-state index contributed by atoms with van der Waals surface area (Å²) < 4.78 is 0. The average Bonchev–Trinajstić information content (AvgIpc) is 2.49. The lowest BCUT2D eigenvalue weighted by atomic mass is 10.1. The monoisotopic (exact) mass is 292 g/mol. The summed E-state index contributed by atoms with van der Waals surface area (Å²) in [6.07, 6.45) is 0. The maximum Gasteiger partial charge on any atom is 0.255 e. The van der Waals surface area contributed by atoms with Crippen LogP contribution in [0, 0.1) is 13.8 Å². The molecule has 0 saturated carbocycles. The summed E-state index contributed by atoms with van der Waals surface area (Å²) in [5, 5.41) is 19.5. The van der Waals surface area contributed by atoms with Crippen molar-refractivity contribution in [1.82, 2.24) is 20.0 Å². The maximum absolute atomic E-state index is 12.5. The Morgan fingerprint density at radius 1 is 1.33 bits per heavy atom. The zero-order valence-corrected chi connectivity index (χ0v) is 12.3. The first kappa shape index (κ1) is 15.2. The Labute approximate surface area is 123 Å². The van der Waals surface area contributed by atoms with E-state index in [4.69, 9.17) is 10.9 Å². The number of oxime groups is 1. The number of aromatic nitrogens is 2. The molecule has 1 aliphatic rings. The number of carbonyl (C=O) groups excluding carboxylic acids is 1. The van der Waals surface area contributed by atoms with Crippen molar-refractivity contribution in [3.8, 4) is 0 Å². The molecule has 0 unspecified atom stereocenters. The summed E-state index contributed by atoms with van der Waals surface area (Å²) in [7, 11) is 0. The second-order valence-electron chi connectivity index (χ2n) is 5.14. The Balaban J connectivity index is 1.99. The molecule has 0 spiro atoms. The summed E-state index contributed by atoms with van der Waals surface area (Å²) in [5.41, 5.74) is 7.47. The quantitative estimate of drug-likeness (QED) is 0.339. The molecule has 1 aromatic rings. The minimum Gasteiger partial charge on any atom is -0.409 e. The molecule has 2 rings (SSSR count). The lowest BCUT2D eigenvalue weighted by Gasteiger charge is -2.34. The summed E-state index contributed by atoms with van der Waals surface area (Å²) in [4.78, 5) is 16.4. The molecule has 1 aromatic heterocycles. The number of amides is 1. The van der Waals surface area contributed by atoms with Crippen molar-refractivity contribution in [2.24, 2.45) is 10.9 Å². The van der Waals surface area contributed by atoms with Crippen LogP contribution in [0.1, 0.15) is 21.7 Å². The van der Waals surface area contributed by atoms with E-state index in [0.717, 1.165) is 5.69 Å². The third-order valence-corrected chi connectivity index (χ3v) is 3.50. The van der Waals surface area contributed by atoms with Crippen LogP contribution in [0.3, 0.4) is 0 Å². The first-order valence-corrected chi connectivity index (χ1v) is 6.80. The predicted molar refractivity (Wildman–Crippen MR) is 77.3 cm³/mol. The van der Waals surface area contributed by atoms with E-state index in [1.165, 1.54) is 0 Å². The van der Waals surface area contributed by atoms with Gasteiger partial charge in [0.25, 0.3) is 5.91 Å². The van der Waals surface area contributed by atoms with Gasteiger partial charge in [0.1, 0.15) is 0 Å². The van der Waals surface area contributed by atoms with Gasteiger partial charge in [0, 0.05) is 26.2 Å². The SMILES string of the molecule is Cc1cc(C(=O)N2CCN(C/C(N)=N/O)CC2)c(C)nn1. The van der Waals surface area contributed by atoms with Gasteiger partial charge in [-0.25, -0.2) is 0 Å². The molecule has 3 N–H and O–H groups in total. The summed E-state index contributed by atoms with van der Waals surface area (Å²) in [6, 6.07) is 1.77. The fourth-order valence-electron chi connectivity index (χ4n) is 2.31. The zero-order valence-electron chi connectivity index (χ0n) is 12.3. The molecule has 1 fully saturated rings. The molecule has 0 bridgehead atoms. The van der Waals surface area contributed by atoms with Crippen LogP contribution in [0.4, 0.5) is 0 Å². The summed E-state index contributed by atoms with van der Waals surface area (Å²) in [5.74, 6) is 0.161. The Bertz CT molecular complexity index is 552. The van der Waals surface area contributed by atoms with Crippen molar-refractivity contribution in [2.75, 3.05) is 32.7 Å². The minimum atomic E-state index is -0.0195. The lowest BCUT2D eigenvalue weighted by Crippen LogP contribution is -2.50. The molecule has 1 saturated heterocycles. The number of amidine groups is 1. The van der Waals surface area contributed by atoms with Crippen LogP contribution in [0.5, 0.6) is 0 Å². The van der Waals surface area contributed by atoms with Crippen LogP contribution >= 0.6 is 0 Å². The molecule has 8 nitrogen and oxygen atoms in total. The van der Waals surface area contributed by atoms with Crippen molar-refractivity contribution in [3.05, 3.63) is 23.0 Å². The van der Waals surface area contributed by atoms with Crippen LogP contribution in [-0.4, -0.2) is 69.7 Å². The molecule has 8 heteroatoms. The molecular weight excluding hydrogens is 272 g/mol. The van der Waals surface area contributed by atoms with Gasteiger partial charge in [-0.2, -0.15) is 10.2 Å². The second-order valence-corrected chi connectivity index (χ2v) is 5.14. The van der Waals surface area contributed by atoms with Gasteiger partial charge in [0.05, 0.1) is 23.5 Å². The molecule has 0 aliphatic carbocycles. The van der Waals surface area contributed by atoms with Crippen molar-refractivity contribution in [2.45, 2.75) is 13.8 Å². The van der Waals surface area contributed by atoms with E-state index >= 15 is 0 Å². The number of piperazine rings is 1. The highest BCUT2D eigenvalue weighted by Gasteiger charge is 2.24. The number of carbonyl (C=O) groups is 1. The van der Waals surface area contributed by atoms with E-state index < -0.39 is 0 Å². The lowest BCUT2D eigenvalue weighted by molar-refractivity contribution is 0.0651. The van der Waals surface area contributed by atoms with E-state index in [-0.39, 0.29) is 11.7 Å². The fraction of sp³-hybridized carbons (Fsp3) is 0.538. The van der Waals surface area contributed by atoms with Gasteiger partial charge in [-0.1, -0.05) is 5.16 Å². The van der Waals surface area contributed by atoms with E-state index in [2.05, 4.69) is 15.4 Å². The number of nitrogens with two attached hydrogens (primary N) is 1. The van der Waals surface area contributed by atoms with Gasteiger partial charge in [-0.3, -0.25) is 9.69 Å². The highest BCUT2D eigenvalue weighted by molar-refractivity contribution is 5.95. The van der Waals surface area contributed by atoms with Crippen LogP contribution < -0.4 is 5.73 Å². The number of aryl methyl sites for hydroxylation is 2. The predicted octanol–water partition coefficient (Wildman–Crippen LogP) is -0.402. The molecule has 0 atom stereocenters. The highest BCUT2D eigenvalue weighted by atomic mass is 16.4. The normalized spacial score (nSPS) is 17.0. The van der Waals surface area contributed by atoms with Crippen LogP contribution in [0.25, 0.3) is 0 Å². The fourth-order valence-corrected chi connectivity index (χ4v) is 2.31. The van der Waals surface area contributed by atoms with E-state index in [1.807, 2.05) is 11.8 Å². The second kappa shape index (κ2) is 6.49. The van der Waals surface area contributed by atoms with Crippen molar-refractivity contribution < 1.29 is 10.0 Å². The standard InChI is InChI=1S/C13H20N6O2/c1-9-7-11(10(2)16-15-9)13(20)19-5-3-18(4-6-19)8-12(14)17-21/h7,21H,3-6,8H2,1-2H3,(H2,14,17). The first-order chi connectivity index (χ1) is 10.0. The van der Waals surface area contributed by atoms with Gasteiger partial charge in [0.15, 0.2) is 5.84 Å².